The summed E-state index contributed by atoms with van der Waals surface area (Å²) in [4.78, 5) is 20.9. The molecule has 2 heterocycles. The van der Waals surface area contributed by atoms with Gasteiger partial charge in [0.2, 0.25) is 0 Å². The van der Waals surface area contributed by atoms with E-state index in [1.54, 1.807) is 12.3 Å². The van der Waals surface area contributed by atoms with Crippen LogP contribution < -0.4 is 5.32 Å². The maximum absolute atomic E-state index is 12.5. The highest BCUT2D eigenvalue weighted by Crippen LogP contribution is 2.12. The average Bonchev–Trinajstić information content (AvgIpc) is 2.61. The number of rotatable bonds is 4. The number of likely N-dealkylation sites (N-methyl/N-ethyl adjacent to an activating group) is 1. The Morgan fingerprint density at radius 2 is 1.96 bits per heavy atom. The van der Waals surface area contributed by atoms with Gasteiger partial charge in [-0.1, -0.05) is 29.8 Å². The molecule has 5 nitrogen and oxygen atoms in total. The molecule has 1 saturated heterocycles. The summed E-state index contributed by atoms with van der Waals surface area (Å²) in [5.41, 5.74) is 3.92. The van der Waals surface area contributed by atoms with Crippen LogP contribution in [0.2, 0.25) is 0 Å². The summed E-state index contributed by atoms with van der Waals surface area (Å²) in [5, 5.41) is 3.35. The van der Waals surface area contributed by atoms with Gasteiger partial charge in [0.25, 0.3) is 5.91 Å². The third-order valence-corrected chi connectivity index (χ3v) is 4.35. The first-order valence-corrected chi connectivity index (χ1v) is 8.35. The predicted octanol–water partition coefficient (Wildman–Crippen LogP) is 2.39. The number of hydrogen-bond donors (Lipinski definition) is 1. The lowest BCUT2D eigenvalue weighted by Gasteiger charge is -2.32. The second-order valence-electron chi connectivity index (χ2n) is 6.37. The van der Waals surface area contributed by atoms with Gasteiger partial charge in [-0.25, -0.2) is 4.98 Å². The Bertz CT molecular complexity index is 691. The number of hydrogen-bond acceptors (Lipinski definition) is 4. The van der Waals surface area contributed by atoms with Crippen molar-refractivity contribution >= 4 is 11.6 Å². The summed E-state index contributed by atoms with van der Waals surface area (Å²) in [6.07, 6.45) is 1.74. The van der Waals surface area contributed by atoms with Crippen LogP contribution in [0, 0.1) is 6.92 Å². The second-order valence-corrected chi connectivity index (χ2v) is 6.37. The summed E-state index contributed by atoms with van der Waals surface area (Å²) in [5.74, 6) is 0.0216. The van der Waals surface area contributed by atoms with Crippen LogP contribution in [-0.2, 0) is 6.54 Å². The van der Waals surface area contributed by atoms with Crippen molar-refractivity contribution in [2.75, 3.05) is 38.5 Å². The van der Waals surface area contributed by atoms with Crippen LogP contribution in [-0.4, -0.2) is 53.9 Å². The van der Waals surface area contributed by atoms with E-state index in [9.17, 15) is 4.79 Å². The highest BCUT2D eigenvalue weighted by Gasteiger charge is 2.21. The average molecular weight is 324 g/mol. The molecule has 1 aromatic carbocycles. The number of aromatic nitrogens is 1. The van der Waals surface area contributed by atoms with Crippen molar-refractivity contribution in [1.29, 1.82) is 0 Å². The molecule has 0 bridgehead atoms. The first-order chi connectivity index (χ1) is 11.6. The number of carbonyl (C=O) groups is 1. The number of amides is 1. The van der Waals surface area contributed by atoms with Gasteiger partial charge < -0.3 is 15.1 Å². The largest absolute Gasteiger partial charge is 0.380 e. The fourth-order valence-corrected chi connectivity index (χ4v) is 2.82. The van der Waals surface area contributed by atoms with Crippen molar-refractivity contribution in [3.05, 3.63) is 59.4 Å². The van der Waals surface area contributed by atoms with E-state index in [4.69, 9.17) is 0 Å². The molecule has 3 rings (SSSR count). The molecule has 1 aromatic heterocycles. The lowest BCUT2D eigenvalue weighted by atomic mass is 10.1. The van der Waals surface area contributed by atoms with E-state index < -0.39 is 0 Å². The zero-order valence-electron chi connectivity index (χ0n) is 14.3. The SMILES string of the molecule is Cc1cccc(CNc2ccc(C(=O)N3CCN(C)CC3)nc2)c1. The number of benzene rings is 1. The van der Waals surface area contributed by atoms with Gasteiger partial charge >= 0.3 is 0 Å². The first kappa shape index (κ1) is 16.5. The number of carbonyl (C=O) groups excluding carboxylic acids is 1. The monoisotopic (exact) mass is 324 g/mol. The van der Waals surface area contributed by atoms with Crippen LogP contribution >= 0.6 is 0 Å². The Labute approximate surface area is 143 Å². The Morgan fingerprint density at radius 3 is 2.62 bits per heavy atom. The fraction of sp³-hybridized carbons (Fsp3) is 0.368. The molecule has 0 aliphatic carbocycles. The molecule has 1 fully saturated rings. The van der Waals surface area contributed by atoms with Gasteiger partial charge in [-0.2, -0.15) is 0 Å². The summed E-state index contributed by atoms with van der Waals surface area (Å²) in [6, 6.07) is 12.1. The normalized spacial score (nSPS) is 15.3. The molecule has 1 amide bonds. The summed E-state index contributed by atoms with van der Waals surface area (Å²) >= 11 is 0. The molecule has 1 N–H and O–H groups in total. The minimum atomic E-state index is 0.0216. The molecule has 0 atom stereocenters. The Balaban J connectivity index is 1.58. The van der Waals surface area contributed by atoms with Gasteiger partial charge in [-0.05, 0) is 31.7 Å². The van der Waals surface area contributed by atoms with Crippen molar-refractivity contribution in [2.24, 2.45) is 0 Å². The van der Waals surface area contributed by atoms with Crippen LogP contribution in [0.3, 0.4) is 0 Å². The number of pyridine rings is 1. The van der Waals surface area contributed by atoms with E-state index in [0.717, 1.165) is 38.4 Å². The van der Waals surface area contributed by atoms with Gasteiger partial charge in [-0.3, -0.25) is 4.79 Å². The molecule has 1 aliphatic heterocycles. The number of anilines is 1. The van der Waals surface area contributed by atoms with E-state index in [0.29, 0.717) is 5.69 Å². The smallest absolute Gasteiger partial charge is 0.272 e. The Kier molecular flexibility index (Phi) is 5.11. The third kappa shape index (κ3) is 4.11. The molecular weight excluding hydrogens is 300 g/mol. The summed E-state index contributed by atoms with van der Waals surface area (Å²) in [6.45, 7) is 6.21. The summed E-state index contributed by atoms with van der Waals surface area (Å²) in [7, 11) is 2.08. The van der Waals surface area contributed by atoms with Gasteiger partial charge in [0.15, 0.2) is 0 Å². The molecule has 5 heteroatoms. The van der Waals surface area contributed by atoms with Crippen LogP contribution in [0.4, 0.5) is 5.69 Å². The number of piperazine rings is 1. The van der Waals surface area contributed by atoms with Crippen molar-refractivity contribution in [2.45, 2.75) is 13.5 Å². The number of nitrogens with zero attached hydrogens (tertiary/aromatic N) is 3. The van der Waals surface area contributed by atoms with Gasteiger partial charge in [0.05, 0.1) is 11.9 Å². The van der Waals surface area contributed by atoms with E-state index >= 15 is 0 Å². The molecular formula is C19H24N4O. The van der Waals surface area contributed by atoms with Crippen molar-refractivity contribution < 1.29 is 4.79 Å². The van der Waals surface area contributed by atoms with E-state index in [2.05, 4.69) is 53.4 Å². The molecule has 24 heavy (non-hydrogen) atoms. The lowest BCUT2D eigenvalue weighted by Crippen LogP contribution is -2.47. The minimum Gasteiger partial charge on any atom is -0.380 e. The number of nitrogens with one attached hydrogen (secondary N) is 1. The molecule has 1 aliphatic rings. The molecule has 0 radical (unpaired) electrons. The maximum Gasteiger partial charge on any atom is 0.272 e. The molecule has 0 saturated carbocycles. The Hall–Kier alpha value is -2.40. The summed E-state index contributed by atoms with van der Waals surface area (Å²) < 4.78 is 0. The van der Waals surface area contributed by atoms with Crippen LogP contribution in [0.1, 0.15) is 21.6 Å². The second kappa shape index (κ2) is 7.45. The van der Waals surface area contributed by atoms with Crippen molar-refractivity contribution in [3.63, 3.8) is 0 Å². The topological polar surface area (TPSA) is 48.5 Å². The zero-order valence-corrected chi connectivity index (χ0v) is 14.3. The predicted molar refractivity (Wildman–Crippen MR) is 96.1 cm³/mol. The highest BCUT2D eigenvalue weighted by atomic mass is 16.2. The molecule has 126 valence electrons. The maximum atomic E-state index is 12.5. The molecule has 0 unspecified atom stereocenters. The quantitative estimate of drug-likeness (QED) is 0.938. The van der Waals surface area contributed by atoms with Gasteiger partial charge in [-0.15, -0.1) is 0 Å². The fourth-order valence-electron chi connectivity index (χ4n) is 2.82. The van der Waals surface area contributed by atoms with Crippen LogP contribution in [0.5, 0.6) is 0 Å². The van der Waals surface area contributed by atoms with Crippen molar-refractivity contribution in [3.8, 4) is 0 Å². The van der Waals surface area contributed by atoms with Crippen LogP contribution in [0.15, 0.2) is 42.6 Å². The molecule has 0 spiro atoms. The van der Waals surface area contributed by atoms with Crippen LogP contribution in [0.25, 0.3) is 0 Å². The molecule has 2 aromatic rings. The van der Waals surface area contributed by atoms with Gasteiger partial charge in [0, 0.05) is 32.7 Å². The third-order valence-electron chi connectivity index (χ3n) is 4.35. The Morgan fingerprint density at radius 1 is 1.17 bits per heavy atom. The van der Waals surface area contributed by atoms with Gasteiger partial charge in [0.1, 0.15) is 5.69 Å². The highest BCUT2D eigenvalue weighted by molar-refractivity contribution is 5.92. The zero-order chi connectivity index (χ0) is 16.9. The lowest BCUT2D eigenvalue weighted by molar-refractivity contribution is 0.0658. The van der Waals surface area contributed by atoms with E-state index in [1.165, 1.54) is 11.1 Å². The van der Waals surface area contributed by atoms with E-state index in [1.807, 2.05) is 11.0 Å². The first-order valence-electron chi connectivity index (χ1n) is 8.35. The number of aryl methyl sites for hydroxylation is 1. The minimum absolute atomic E-state index is 0.0216. The van der Waals surface area contributed by atoms with Crippen molar-refractivity contribution in [1.82, 2.24) is 14.8 Å². The standard InChI is InChI=1S/C19H24N4O/c1-15-4-3-5-16(12-15)13-20-17-6-7-18(21-14-17)19(24)23-10-8-22(2)9-11-23/h3-7,12,14,20H,8-11,13H2,1-2H3. The van der Waals surface area contributed by atoms with E-state index in [-0.39, 0.29) is 5.91 Å².